The van der Waals surface area contributed by atoms with Crippen molar-refractivity contribution in [3.63, 3.8) is 0 Å². The first-order valence-corrected chi connectivity index (χ1v) is 9.22. The molecule has 0 radical (unpaired) electrons. The van der Waals surface area contributed by atoms with E-state index in [-0.39, 0.29) is 12.5 Å². The first kappa shape index (κ1) is 21.3. The van der Waals surface area contributed by atoms with Gasteiger partial charge in [-0.3, -0.25) is 4.79 Å². The molecule has 6 nitrogen and oxygen atoms in total. The molecule has 28 heavy (non-hydrogen) atoms. The van der Waals surface area contributed by atoms with Crippen molar-refractivity contribution >= 4 is 12.0 Å². The minimum atomic E-state index is -0.613. The lowest BCUT2D eigenvalue weighted by atomic mass is 10.1. The van der Waals surface area contributed by atoms with Gasteiger partial charge in [-0.15, -0.1) is 0 Å². The van der Waals surface area contributed by atoms with E-state index in [1.807, 2.05) is 36.4 Å². The Kier molecular flexibility index (Phi) is 7.44. The summed E-state index contributed by atoms with van der Waals surface area (Å²) in [5, 5.41) is 5.18. The largest absolute Gasteiger partial charge is 0.489 e. The van der Waals surface area contributed by atoms with Gasteiger partial charge in [0.1, 0.15) is 24.5 Å². The van der Waals surface area contributed by atoms with Crippen molar-refractivity contribution < 1.29 is 19.1 Å². The highest BCUT2D eigenvalue weighted by Gasteiger charge is 2.16. The average Bonchev–Trinajstić information content (AvgIpc) is 2.62. The first-order valence-electron chi connectivity index (χ1n) is 9.22. The van der Waals surface area contributed by atoms with Crippen LogP contribution in [-0.2, 0) is 22.7 Å². The molecule has 0 aliphatic heterocycles. The van der Waals surface area contributed by atoms with E-state index in [0.717, 1.165) is 16.9 Å². The zero-order valence-electron chi connectivity index (χ0n) is 16.9. The van der Waals surface area contributed by atoms with E-state index < -0.39 is 11.7 Å². The van der Waals surface area contributed by atoms with E-state index in [9.17, 15) is 9.59 Å². The third-order valence-corrected chi connectivity index (χ3v) is 3.69. The van der Waals surface area contributed by atoms with E-state index in [0.29, 0.717) is 13.2 Å². The molecule has 0 aliphatic rings. The predicted octanol–water partition coefficient (Wildman–Crippen LogP) is 3.71. The maximum absolute atomic E-state index is 11.8. The summed E-state index contributed by atoms with van der Waals surface area (Å²) in [6.45, 7) is 8.09. The molecule has 0 saturated heterocycles. The highest BCUT2D eigenvalue weighted by Crippen LogP contribution is 2.15. The molecule has 6 heteroatoms. The molecule has 0 bridgehead atoms. The van der Waals surface area contributed by atoms with Crippen LogP contribution in [0.5, 0.6) is 5.75 Å². The number of aryl methyl sites for hydroxylation is 1. The van der Waals surface area contributed by atoms with Crippen molar-refractivity contribution in [3.05, 3.63) is 65.2 Å². The normalized spacial score (nSPS) is 10.9. The molecule has 2 amide bonds. The lowest BCUT2D eigenvalue weighted by Gasteiger charge is -2.19. The Balaban J connectivity index is 1.72. The number of nitrogens with one attached hydrogen (secondary N) is 2. The van der Waals surface area contributed by atoms with Crippen LogP contribution in [0.25, 0.3) is 0 Å². The minimum absolute atomic E-state index is 0.132. The second kappa shape index (κ2) is 9.78. The highest BCUT2D eigenvalue weighted by molar-refractivity contribution is 5.82. The number of alkyl carbamates (subject to hydrolysis) is 1. The summed E-state index contributed by atoms with van der Waals surface area (Å²) in [5.74, 6) is 0.480. The molecule has 2 rings (SSSR count). The summed E-state index contributed by atoms with van der Waals surface area (Å²) in [7, 11) is 0. The van der Waals surface area contributed by atoms with Gasteiger partial charge in [0.05, 0.1) is 0 Å². The van der Waals surface area contributed by atoms with Gasteiger partial charge >= 0.3 is 6.09 Å². The molecular formula is C22H28N2O4. The van der Waals surface area contributed by atoms with Gasteiger partial charge in [0.2, 0.25) is 5.91 Å². The van der Waals surface area contributed by atoms with Gasteiger partial charge < -0.3 is 20.1 Å². The molecule has 0 aromatic heterocycles. The molecule has 150 valence electrons. The zero-order chi connectivity index (χ0) is 20.6. The van der Waals surface area contributed by atoms with E-state index in [1.54, 1.807) is 20.8 Å². The van der Waals surface area contributed by atoms with Gasteiger partial charge in [0.25, 0.3) is 0 Å². The van der Waals surface area contributed by atoms with Gasteiger partial charge in [-0.25, -0.2) is 4.79 Å². The smallest absolute Gasteiger partial charge is 0.408 e. The molecule has 2 N–H and O–H groups in total. The first-order chi connectivity index (χ1) is 13.2. The van der Waals surface area contributed by atoms with Gasteiger partial charge in [-0.05, 0) is 51.0 Å². The predicted molar refractivity (Wildman–Crippen MR) is 108 cm³/mol. The Labute approximate surface area is 166 Å². The van der Waals surface area contributed by atoms with Crippen molar-refractivity contribution in [1.29, 1.82) is 0 Å². The number of benzene rings is 2. The summed E-state index contributed by atoms with van der Waals surface area (Å²) in [4.78, 5) is 23.4. The Bertz CT molecular complexity index is 795. The van der Waals surface area contributed by atoms with Crippen LogP contribution in [0.3, 0.4) is 0 Å². The molecule has 0 atom stereocenters. The monoisotopic (exact) mass is 384 g/mol. The van der Waals surface area contributed by atoms with E-state index in [2.05, 4.69) is 29.7 Å². The summed E-state index contributed by atoms with van der Waals surface area (Å²) < 4.78 is 10.9. The molecule has 0 heterocycles. The average molecular weight is 384 g/mol. The van der Waals surface area contributed by atoms with Crippen LogP contribution in [0.4, 0.5) is 4.79 Å². The summed E-state index contributed by atoms with van der Waals surface area (Å²) >= 11 is 0. The summed E-state index contributed by atoms with van der Waals surface area (Å²) in [6.07, 6.45) is -0.613. The highest BCUT2D eigenvalue weighted by atomic mass is 16.6. The lowest BCUT2D eigenvalue weighted by molar-refractivity contribution is -0.120. The van der Waals surface area contributed by atoms with Crippen LogP contribution >= 0.6 is 0 Å². The van der Waals surface area contributed by atoms with Crippen LogP contribution < -0.4 is 15.4 Å². The minimum Gasteiger partial charge on any atom is -0.489 e. The van der Waals surface area contributed by atoms with E-state index >= 15 is 0 Å². The van der Waals surface area contributed by atoms with Gasteiger partial charge in [-0.1, -0.05) is 42.0 Å². The standard InChI is InChI=1S/C22H28N2O4/c1-16-6-5-7-18(12-16)15-27-19-10-8-17(9-11-19)13-23-20(25)14-24-21(26)28-22(2,3)4/h5-12H,13-15H2,1-4H3,(H,23,25)(H,24,26). The third-order valence-electron chi connectivity index (χ3n) is 3.69. The van der Waals surface area contributed by atoms with Crippen LogP contribution in [-0.4, -0.2) is 24.1 Å². The van der Waals surface area contributed by atoms with Crippen molar-refractivity contribution in [2.75, 3.05) is 6.54 Å². The number of amides is 2. The number of carbonyl (C=O) groups excluding carboxylic acids is 2. The molecule has 2 aromatic rings. The van der Waals surface area contributed by atoms with Gasteiger partial charge in [0, 0.05) is 6.54 Å². The van der Waals surface area contributed by atoms with Crippen molar-refractivity contribution in [2.45, 2.75) is 46.4 Å². The number of carbonyl (C=O) groups is 2. The maximum Gasteiger partial charge on any atom is 0.408 e. The number of ether oxygens (including phenoxy) is 2. The second-order valence-electron chi connectivity index (χ2n) is 7.55. The Hall–Kier alpha value is -3.02. The number of rotatable bonds is 7. The van der Waals surface area contributed by atoms with Crippen LogP contribution in [0.2, 0.25) is 0 Å². The fourth-order valence-corrected chi connectivity index (χ4v) is 2.40. The Morgan fingerprint density at radius 1 is 0.964 bits per heavy atom. The lowest BCUT2D eigenvalue weighted by Crippen LogP contribution is -2.39. The van der Waals surface area contributed by atoms with Crippen molar-refractivity contribution in [1.82, 2.24) is 10.6 Å². The third kappa shape index (κ3) is 8.12. The second-order valence-corrected chi connectivity index (χ2v) is 7.55. The zero-order valence-corrected chi connectivity index (χ0v) is 16.9. The van der Waals surface area contributed by atoms with Crippen LogP contribution in [0.15, 0.2) is 48.5 Å². The fraction of sp³-hybridized carbons (Fsp3) is 0.364. The number of hydrogen-bond acceptors (Lipinski definition) is 4. The Morgan fingerprint density at radius 3 is 2.32 bits per heavy atom. The molecule has 0 saturated carbocycles. The molecule has 0 fully saturated rings. The maximum atomic E-state index is 11.8. The molecular weight excluding hydrogens is 356 g/mol. The number of hydrogen-bond donors (Lipinski definition) is 2. The van der Waals surface area contributed by atoms with Crippen LogP contribution in [0, 0.1) is 6.92 Å². The molecule has 2 aromatic carbocycles. The van der Waals surface area contributed by atoms with Crippen molar-refractivity contribution in [3.8, 4) is 5.75 Å². The van der Waals surface area contributed by atoms with Crippen LogP contribution in [0.1, 0.15) is 37.5 Å². The quantitative estimate of drug-likeness (QED) is 0.763. The SMILES string of the molecule is Cc1cccc(COc2ccc(CNC(=O)CNC(=O)OC(C)(C)C)cc2)c1. The fourth-order valence-electron chi connectivity index (χ4n) is 2.40. The van der Waals surface area contributed by atoms with E-state index in [4.69, 9.17) is 9.47 Å². The molecule has 0 aliphatic carbocycles. The summed E-state index contributed by atoms with van der Waals surface area (Å²) in [6, 6.07) is 15.7. The van der Waals surface area contributed by atoms with Gasteiger partial charge in [-0.2, -0.15) is 0 Å². The summed E-state index contributed by atoms with van der Waals surface area (Å²) in [5.41, 5.74) is 2.67. The molecule has 0 spiro atoms. The van der Waals surface area contributed by atoms with Crippen molar-refractivity contribution in [2.24, 2.45) is 0 Å². The van der Waals surface area contributed by atoms with E-state index in [1.165, 1.54) is 5.56 Å². The molecule has 0 unspecified atom stereocenters. The topological polar surface area (TPSA) is 76.7 Å². The van der Waals surface area contributed by atoms with Gasteiger partial charge in [0.15, 0.2) is 0 Å². The Morgan fingerprint density at radius 2 is 1.68 bits per heavy atom.